The standard InChI is InChI=1S/C24H30O4/c1-11-13(3)19(17(7)21(15(11)5)23(25)26)9-10-20-14(4)12(2)16(6)22(18(20)8)24(27)28/h9-10H2,1-8H3,(H,25,26)(H,27,28). The van der Waals surface area contributed by atoms with Gasteiger partial charge in [0.1, 0.15) is 0 Å². The minimum absolute atomic E-state index is 0.387. The van der Waals surface area contributed by atoms with Crippen LogP contribution in [0.2, 0.25) is 0 Å². The van der Waals surface area contributed by atoms with E-state index in [1.165, 1.54) is 0 Å². The van der Waals surface area contributed by atoms with E-state index in [9.17, 15) is 19.8 Å². The van der Waals surface area contributed by atoms with E-state index in [1.807, 2.05) is 55.4 Å². The highest BCUT2D eigenvalue weighted by Gasteiger charge is 2.22. The van der Waals surface area contributed by atoms with Gasteiger partial charge in [-0.1, -0.05) is 0 Å². The van der Waals surface area contributed by atoms with Crippen LogP contribution in [0.4, 0.5) is 0 Å². The minimum Gasteiger partial charge on any atom is -0.478 e. The van der Waals surface area contributed by atoms with E-state index in [-0.39, 0.29) is 0 Å². The molecule has 0 amide bonds. The van der Waals surface area contributed by atoms with Gasteiger partial charge in [0.15, 0.2) is 0 Å². The van der Waals surface area contributed by atoms with E-state index in [2.05, 4.69) is 0 Å². The lowest BCUT2D eigenvalue weighted by Gasteiger charge is -2.21. The van der Waals surface area contributed by atoms with Gasteiger partial charge in [-0.05, 0) is 124 Å². The number of hydrogen-bond donors (Lipinski definition) is 2. The highest BCUT2D eigenvalue weighted by Crippen LogP contribution is 2.31. The van der Waals surface area contributed by atoms with Crippen molar-refractivity contribution in [3.8, 4) is 0 Å². The van der Waals surface area contributed by atoms with Gasteiger partial charge in [-0.25, -0.2) is 9.59 Å². The Hall–Kier alpha value is -2.62. The van der Waals surface area contributed by atoms with Crippen molar-refractivity contribution in [2.45, 2.75) is 68.2 Å². The number of aromatic carboxylic acids is 2. The van der Waals surface area contributed by atoms with Gasteiger partial charge in [-0.2, -0.15) is 0 Å². The predicted molar refractivity (Wildman–Crippen MR) is 112 cm³/mol. The molecule has 0 saturated carbocycles. The molecule has 0 atom stereocenters. The molecule has 2 aromatic rings. The van der Waals surface area contributed by atoms with Crippen LogP contribution in [0.15, 0.2) is 0 Å². The van der Waals surface area contributed by atoms with Gasteiger partial charge >= 0.3 is 11.9 Å². The Bertz CT molecular complexity index is 916. The fraction of sp³-hybridized carbons (Fsp3) is 0.417. The minimum atomic E-state index is -0.897. The molecule has 2 N–H and O–H groups in total. The van der Waals surface area contributed by atoms with Crippen LogP contribution >= 0.6 is 0 Å². The number of hydrogen-bond acceptors (Lipinski definition) is 2. The fourth-order valence-electron chi connectivity index (χ4n) is 4.46. The Morgan fingerprint density at radius 2 is 0.786 bits per heavy atom. The molecule has 4 heteroatoms. The molecule has 0 aromatic heterocycles. The van der Waals surface area contributed by atoms with E-state index in [1.54, 1.807) is 0 Å². The monoisotopic (exact) mass is 382 g/mol. The van der Waals surface area contributed by atoms with Crippen molar-refractivity contribution < 1.29 is 19.8 Å². The van der Waals surface area contributed by atoms with Gasteiger partial charge in [-0.3, -0.25) is 0 Å². The molecule has 0 aliphatic rings. The summed E-state index contributed by atoms with van der Waals surface area (Å²) in [6.07, 6.45) is 1.37. The zero-order valence-electron chi connectivity index (χ0n) is 18.1. The van der Waals surface area contributed by atoms with E-state index >= 15 is 0 Å². The van der Waals surface area contributed by atoms with Crippen molar-refractivity contribution in [2.75, 3.05) is 0 Å². The molecule has 0 heterocycles. The van der Waals surface area contributed by atoms with Crippen LogP contribution in [-0.2, 0) is 12.8 Å². The number of carboxylic acid groups (broad SMARTS) is 2. The van der Waals surface area contributed by atoms with Crippen molar-refractivity contribution in [3.05, 3.63) is 66.8 Å². The normalized spacial score (nSPS) is 11.0. The molecule has 0 unspecified atom stereocenters. The zero-order chi connectivity index (χ0) is 21.5. The molecule has 4 nitrogen and oxygen atoms in total. The number of carboxylic acids is 2. The molecule has 0 bridgehead atoms. The van der Waals surface area contributed by atoms with Crippen LogP contribution in [0.5, 0.6) is 0 Å². The fourth-order valence-corrected chi connectivity index (χ4v) is 4.46. The van der Waals surface area contributed by atoms with Gasteiger partial charge in [0.25, 0.3) is 0 Å². The van der Waals surface area contributed by atoms with Gasteiger partial charge in [0, 0.05) is 0 Å². The molecular weight excluding hydrogens is 352 g/mol. The maximum absolute atomic E-state index is 11.8. The second-order valence-corrected chi connectivity index (χ2v) is 7.82. The van der Waals surface area contributed by atoms with E-state index in [4.69, 9.17) is 0 Å². The lowest BCUT2D eigenvalue weighted by Crippen LogP contribution is -2.13. The van der Waals surface area contributed by atoms with Crippen LogP contribution in [0.3, 0.4) is 0 Å². The van der Waals surface area contributed by atoms with Crippen LogP contribution in [0.1, 0.15) is 76.4 Å². The summed E-state index contributed by atoms with van der Waals surface area (Å²) in [5, 5.41) is 19.3. The predicted octanol–water partition coefficient (Wildman–Crippen LogP) is 5.34. The second kappa shape index (κ2) is 7.78. The summed E-state index contributed by atoms with van der Waals surface area (Å²) in [6, 6.07) is 0. The molecule has 0 saturated heterocycles. The number of rotatable bonds is 5. The van der Waals surface area contributed by atoms with Crippen LogP contribution in [0.25, 0.3) is 0 Å². The van der Waals surface area contributed by atoms with Crippen molar-refractivity contribution in [1.29, 1.82) is 0 Å². The SMILES string of the molecule is Cc1c(C)c(CCc2c(C)c(C)c(C)c(C(=O)O)c2C)c(C)c(C(=O)O)c1C. The Labute approximate surface area is 167 Å². The van der Waals surface area contributed by atoms with E-state index in [0.29, 0.717) is 24.0 Å². The van der Waals surface area contributed by atoms with Gasteiger partial charge < -0.3 is 10.2 Å². The van der Waals surface area contributed by atoms with Crippen LogP contribution in [0, 0.1) is 55.4 Å². The first-order valence-corrected chi connectivity index (χ1v) is 9.56. The summed E-state index contributed by atoms with van der Waals surface area (Å²) in [7, 11) is 0. The quantitative estimate of drug-likeness (QED) is 0.732. The molecule has 0 aliphatic carbocycles. The third-order valence-corrected chi connectivity index (χ3v) is 6.61. The highest BCUT2D eigenvalue weighted by atomic mass is 16.4. The maximum atomic E-state index is 11.8. The van der Waals surface area contributed by atoms with E-state index in [0.717, 1.165) is 55.6 Å². The molecular formula is C24H30O4. The van der Waals surface area contributed by atoms with Crippen LogP contribution in [-0.4, -0.2) is 22.2 Å². The lowest BCUT2D eigenvalue weighted by atomic mass is 9.83. The number of benzene rings is 2. The largest absolute Gasteiger partial charge is 0.478 e. The summed E-state index contributed by atoms with van der Waals surface area (Å²) in [5.74, 6) is -1.79. The Kier molecular flexibility index (Phi) is 6.03. The molecule has 2 aromatic carbocycles. The molecule has 0 spiro atoms. The molecule has 0 fully saturated rings. The third-order valence-electron chi connectivity index (χ3n) is 6.61. The van der Waals surface area contributed by atoms with Crippen molar-refractivity contribution in [1.82, 2.24) is 0 Å². The van der Waals surface area contributed by atoms with Gasteiger partial charge in [0.05, 0.1) is 11.1 Å². The topological polar surface area (TPSA) is 74.6 Å². The highest BCUT2D eigenvalue weighted by molar-refractivity contribution is 5.93. The Morgan fingerprint density at radius 3 is 1.04 bits per heavy atom. The lowest BCUT2D eigenvalue weighted by molar-refractivity contribution is 0.0684. The molecule has 28 heavy (non-hydrogen) atoms. The summed E-state index contributed by atoms with van der Waals surface area (Å²) in [6.45, 7) is 15.5. The van der Waals surface area contributed by atoms with Crippen molar-refractivity contribution in [2.24, 2.45) is 0 Å². The number of carbonyl (C=O) groups is 2. The molecule has 150 valence electrons. The third kappa shape index (κ3) is 3.44. The summed E-state index contributed by atoms with van der Waals surface area (Å²) in [4.78, 5) is 23.6. The first kappa shape index (κ1) is 21.7. The van der Waals surface area contributed by atoms with Crippen LogP contribution < -0.4 is 0 Å². The van der Waals surface area contributed by atoms with Gasteiger partial charge in [0.2, 0.25) is 0 Å². The van der Waals surface area contributed by atoms with Gasteiger partial charge in [-0.15, -0.1) is 0 Å². The maximum Gasteiger partial charge on any atom is 0.336 e. The summed E-state index contributed by atoms with van der Waals surface area (Å²) >= 11 is 0. The van der Waals surface area contributed by atoms with Crippen molar-refractivity contribution in [3.63, 3.8) is 0 Å². The smallest absolute Gasteiger partial charge is 0.336 e. The summed E-state index contributed by atoms with van der Waals surface area (Å²) in [5.41, 5.74) is 10.4. The first-order valence-electron chi connectivity index (χ1n) is 9.56. The Morgan fingerprint density at radius 1 is 0.500 bits per heavy atom. The molecule has 0 radical (unpaired) electrons. The average Bonchev–Trinajstić information content (AvgIpc) is 2.60. The summed E-state index contributed by atoms with van der Waals surface area (Å²) < 4.78 is 0. The first-order chi connectivity index (χ1) is 12.9. The second-order valence-electron chi connectivity index (χ2n) is 7.82. The Balaban J connectivity index is 2.60. The average molecular weight is 383 g/mol. The molecule has 0 aliphatic heterocycles. The molecule has 2 rings (SSSR count). The van der Waals surface area contributed by atoms with E-state index < -0.39 is 11.9 Å². The van der Waals surface area contributed by atoms with Crippen molar-refractivity contribution >= 4 is 11.9 Å². The zero-order valence-corrected chi connectivity index (χ0v) is 18.1.